The Morgan fingerprint density at radius 2 is 2.00 bits per heavy atom. The molecule has 76 valence electrons. The van der Waals surface area contributed by atoms with Gasteiger partial charge in [0.1, 0.15) is 0 Å². The van der Waals surface area contributed by atoms with Gasteiger partial charge in [0.2, 0.25) is 5.91 Å². The number of aryl methyl sites for hydroxylation is 1. The van der Waals surface area contributed by atoms with Crippen molar-refractivity contribution >= 4 is 5.91 Å². The SMILES string of the molecule is CC(=O)N[C@H](C)CCc1ccccc1. The van der Waals surface area contributed by atoms with Gasteiger partial charge in [0, 0.05) is 13.0 Å². The Kier molecular flexibility index (Phi) is 4.17. The third-order valence-electron chi connectivity index (χ3n) is 2.16. The van der Waals surface area contributed by atoms with E-state index in [1.54, 1.807) is 6.92 Å². The lowest BCUT2D eigenvalue weighted by molar-refractivity contribution is -0.119. The minimum Gasteiger partial charge on any atom is -0.354 e. The number of amides is 1. The van der Waals surface area contributed by atoms with Gasteiger partial charge in [-0.3, -0.25) is 4.79 Å². The first-order valence-corrected chi connectivity index (χ1v) is 4.99. The summed E-state index contributed by atoms with van der Waals surface area (Å²) in [7, 11) is 0. The summed E-state index contributed by atoms with van der Waals surface area (Å²) in [6.07, 6.45) is 2.01. The summed E-state index contributed by atoms with van der Waals surface area (Å²) in [4.78, 5) is 10.8. The van der Waals surface area contributed by atoms with Crippen LogP contribution in [0, 0.1) is 0 Å². The van der Waals surface area contributed by atoms with Crippen LogP contribution in [0.2, 0.25) is 0 Å². The highest BCUT2D eigenvalue weighted by Gasteiger charge is 2.02. The van der Waals surface area contributed by atoms with Crippen LogP contribution in [0.4, 0.5) is 0 Å². The molecule has 0 bridgehead atoms. The zero-order valence-electron chi connectivity index (χ0n) is 8.79. The summed E-state index contributed by atoms with van der Waals surface area (Å²) >= 11 is 0. The zero-order chi connectivity index (χ0) is 10.4. The van der Waals surface area contributed by atoms with E-state index in [0.29, 0.717) is 0 Å². The van der Waals surface area contributed by atoms with Gasteiger partial charge in [0.15, 0.2) is 0 Å². The van der Waals surface area contributed by atoms with E-state index in [4.69, 9.17) is 0 Å². The van der Waals surface area contributed by atoms with Crippen LogP contribution in [-0.2, 0) is 11.2 Å². The largest absolute Gasteiger partial charge is 0.354 e. The highest BCUT2D eigenvalue weighted by molar-refractivity contribution is 5.73. The Hall–Kier alpha value is -1.31. The van der Waals surface area contributed by atoms with Gasteiger partial charge in [0.05, 0.1) is 0 Å². The third kappa shape index (κ3) is 4.08. The molecule has 2 nitrogen and oxygen atoms in total. The van der Waals surface area contributed by atoms with E-state index in [1.165, 1.54) is 5.56 Å². The fourth-order valence-corrected chi connectivity index (χ4v) is 1.45. The molecule has 1 N–H and O–H groups in total. The number of hydrogen-bond donors (Lipinski definition) is 1. The van der Waals surface area contributed by atoms with E-state index in [1.807, 2.05) is 25.1 Å². The van der Waals surface area contributed by atoms with Crippen molar-refractivity contribution in [1.29, 1.82) is 0 Å². The maximum atomic E-state index is 10.8. The third-order valence-corrected chi connectivity index (χ3v) is 2.16. The van der Waals surface area contributed by atoms with Gasteiger partial charge in [-0.25, -0.2) is 0 Å². The van der Waals surface area contributed by atoms with Crippen molar-refractivity contribution in [3.63, 3.8) is 0 Å². The highest BCUT2D eigenvalue weighted by atomic mass is 16.1. The number of rotatable bonds is 4. The Balaban J connectivity index is 2.30. The minimum absolute atomic E-state index is 0.0468. The average Bonchev–Trinajstić information content (AvgIpc) is 2.15. The molecule has 1 aromatic carbocycles. The molecule has 1 rings (SSSR count). The first kappa shape index (κ1) is 10.8. The molecule has 1 atom stereocenters. The topological polar surface area (TPSA) is 29.1 Å². The predicted molar refractivity (Wildman–Crippen MR) is 58.0 cm³/mol. The van der Waals surface area contributed by atoms with Gasteiger partial charge in [0.25, 0.3) is 0 Å². The Bertz CT molecular complexity index is 282. The van der Waals surface area contributed by atoms with Gasteiger partial charge in [-0.2, -0.15) is 0 Å². The maximum absolute atomic E-state index is 10.8. The second-order valence-corrected chi connectivity index (χ2v) is 3.63. The van der Waals surface area contributed by atoms with Crippen LogP contribution in [0.15, 0.2) is 30.3 Å². The fourth-order valence-electron chi connectivity index (χ4n) is 1.45. The summed E-state index contributed by atoms with van der Waals surface area (Å²) < 4.78 is 0. The van der Waals surface area contributed by atoms with E-state index in [2.05, 4.69) is 17.4 Å². The van der Waals surface area contributed by atoms with Crippen molar-refractivity contribution in [2.24, 2.45) is 0 Å². The summed E-state index contributed by atoms with van der Waals surface area (Å²) in [6, 6.07) is 10.6. The van der Waals surface area contributed by atoms with Gasteiger partial charge in [-0.15, -0.1) is 0 Å². The molecule has 0 radical (unpaired) electrons. The van der Waals surface area contributed by atoms with Crippen LogP contribution < -0.4 is 5.32 Å². The van der Waals surface area contributed by atoms with Crippen molar-refractivity contribution in [2.45, 2.75) is 32.7 Å². The van der Waals surface area contributed by atoms with Crippen LogP contribution in [0.5, 0.6) is 0 Å². The van der Waals surface area contributed by atoms with Crippen molar-refractivity contribution in [2.75, 3.05) is 0 Å². The van der Waals surface area contributed by atoms with E-state index >= 15 is 0 Å². The van der Waals surface area contributed by atoms with Crippen molar-refractivity contribution < 1.29 is 4.79 Å². The molecule has 0 spiro atoms. The first-order valence-electron chi connectivity index (χ1n) is 4.99. The van der Waals surface area contributed by atoms with Crippen molar-refractivity contribution in [3.05, 3.63) is 35.9 Å². The highest BCUT2D eigenvalue weighted by Crippen LogP contribution is 2.04. The summed E-state index contributed by atoms with van der Waals surface area (Å²) in [6.45, 7) is 3.59. The molecule has 0 saturated heterocycles. The Morgan fingerprint density at radius 1 is 1.36 bits per heavy atom. The average molecular weight is 191 g/mol. The number of benzene rings is 1. The molecule has 0 saturated carbocycles. The molecule has 0 aliphatic heterocycles. The quantitative estimate of drug-likeness (QED) is 0.776. The maximum Gasteiger partial charge on any atom is 0.217 e. The summed E-state index contributed by atoms with van der Waals surface area (Å²) in [5.41, 5.74) is 1.32. The molecule has 0 heterocycles. The van der Waals surface area contributed by atoms with Gasteiger partial charge in [-0.1, -0.05) is 30.3 Å². The monoisotopic (exact) mass is 191 g/mol. The molecule has 2 heteroatoms. The Labute approximate surface area is 85.3 Å². The van der Waals surface area contributed by atoms with Crippen LogP contribution in [0.25, 0.3) is 0 Å². The molecule has 14 heavy (non-hydrogen) atoms. The fraction of sp³-hybridized carbons (Fsp3) is 0.417. The zero-order valence-corrected chi connectivity index (χ0v) is 8.79. The lowest BCUT2D eigenvalue weighted by Crippen LogP contribution is -2.30. The van der Waals surface area contributed by atoms with Crippen LogP contribution in [0.3, 0.4) is 0 Å². The molecule has 0 fully saturated rings. The number of carbonyl (C=O) groups is 1. The summed E-state index contributed by atoms with van der Waals surface area (Å²) in [5, 5.41) is 2.87. The van der Waals surface area contributed by atoms with E-state index in [0.717, 1.165) is 12.8 Å². The molecule has 1 amide bonds. The first-order chi connectivity index (χ1) is 6.68. The smallest absolute Gasteiger partial charge is 0.217 e. The predicted octanol–water partition coefficient (Wildman–Crippen LogP) is 2.14. The molecule has 0 aromatic heterocycles. The van der Waals surface area contributed by atoms with Gasteiger partial charge < -0.3 is 5.32 Å². The van der Waals surface area contributed by atoms with Gasteiger partial charge in [-0.05, 0) is 25.3 Å². The molecule has 0 unspecified atom stereocenters. The normalized spacial score (nSPS) is 12.1. The van der Waals surface area contributed by atoms with Crippen LogP contribution in [0.1, 0.15) is 25.8 Å². The number of nitrogens with one attached hydrogen (secondary N) is 1. The molecular formula is C12H17NO. The second kappa shape index (κ2) is 5.43. The second-order valence-electron chi connectivity index (χ2n) is 3.63. The van der Waals surface area contributed by atoms with Crippen molar-refractivity contribution in [3.8, 4) is 0 Å². The van der Waals surface area contributed by atoms with Gasteiger partial charge >= 0.3 is 0 Å². The molecular weight excluding hydrogens is 174 g/mol. The van der Waals surface area contributed by atoms with Crippen LogP contribution in [-0.4, -0.2) is 11.9 Å². The molecule has 1 aromatic rings. The molecule has 0 aliphatic rings. The summed E-state index contributed by atoms with van der Waals surface area (Å²) in [5.74, 6) is 0.0468. The minimum atomic E-state index is 0.0468. The van der Waals surface area contributed by atoms with E-state index in [9.17, 15) is 4.79 Å². The lowest BCUT2D eigenvalue weighted by Gasteiger charge is -2.11. The number of hydrogen-bond acceptors (Lipinski definition) is 1. The Morgan fingerprint density at radius 3 is 2.57 bits per heavy atom. The lowest BCUT2D eigenvalue weighted by atomic mass is 10.1. The van der Waals surface area contributed by atoms with Crippen molar-refractivity contribution in [1.82, 2.24) is 5.32 Å². The standard InChI is InChI=1S/C12H17NO/c1-10(13-11(2)14)8-9-12-6-4-3-5-7-12/h3-7,10H,8-9H2,1-2H3,(H,13,14)/t10-/m1/s1. The van der Waals surface area contributed by atoms with E-state index in [-0.39, 0.29) is 11.9 Å². The molecule has 0 aliphatic carbocycles. The van der Waals surface area contributed by atoms with Crippen LogP contribution >= 0.6 is 0 Å². The van der Waals surface area contributed by atoms with E-state index < -0.39 is 0 Å². The number of carbonyl (C=O) groups excluding carboxylic acids is 1.